The van der Waals surface area contributed by atoms with Crippen molar-refractivity contribution >= 4 is 10.9 Å². The van der Waals surface area contributed by atoms with E-state index in [1.54, 1.807) is 0 Å². The molecule has 2 aliphatic rings. The average molecular weight is 286 g/mol. The third-order valence-electron chi connectivity index (χ3n) is 5.07. The van der Waals surface area contributed by atoms with Gasteiger partial charge in [-0.05, 0) is 43.0 Å². The first-order valence-electron chi connectivity index (χ1n) is 8.18. The van der Waals surface area contributed by atoms with Gasteiger partial charge in [-0.1, -0.05) is 26.0 Å². The third-order valence-corrected chi connectivity index (χ3v) is 5.07. The lowest BCUT2D eigenvalue weighted by Gasteiger charge is -2.45. The Morgan fingerprint density at radius 3 is 2.90 bits per heavy atom. The van der Waals surface area contributed by atoms with Crippen molar-refractivity contribution in [1.29, 1.82) is 0 Å². The van der Waals surface area contributed by atoms with E-state index in [-0.39, 0.29) is 0 Å². The van der Waals surface area contributed by atoms with E-state index < -0.39 is 0 Å². The van der Waals surface area contributed by atoms with E-state index >= 15 is 0 Å². The van der Waals surface area contributed by atoms with E-state index in [1.165, 1.54) is 22.0 Å². The molecule has 1 fully saturated rings. The van der Waals surface area contributed by atoms with Gasteiger partial charge < -0.3 is 15.0 Å². The van der Waals surface area contributed by atoms with E-state index in [0.29, 0.717) is 24.5 Å². The second-order valence-electron chi connectivity index (χ2n) is 6.19. The lowest BCUT2D eigenvalue weighted by Crippen LogP contribution is -2.48. The Bertz CT molecular complexity index is 619. The van der Waals surface area contributed by atoms with Gasteiger partial charge in [-0.3, -0.25) is 0 Å². The molecule has 0 radical (unpaired) electrons. The lowest BCUT2D eigenvalue weighted by atomic mass is 9.72. The Kier molecular flexibility index (Phi) is 4.05. The molecule has 1 aliphatic carbocycles. The Labute approximate surface area is 127 Å². The number of fused-ring (bicyclic) bond motifs is 2. The summed E-state index contributed by atoms with van der Waals surface area (Å²) in [4.78, 5) is 5.85. The number of likely N-dealkylation sites (N-methyl/N-ethyl adjacent to an activating group) is 1. The van der Waals surface area contributed by atoms with Gasteiger partial charge in [-0.15, -0.1) is 0 Å². The molecule has 0 bridgehead atoms. The molecule has 3 unspecified atom stereocenters. The van der Waals surface area contributed by atoms with Crippen molar-refractivity contribution in [3.05, 3.63) is 35.5 Å². The zero-order valence-electron chi connectivity index (χ0n) is 13.3. The summed E-state index contributed by atoms with van der Waals surface area (Å²) in [7, 11) is 2.21. The van der Waals surface area contributed by atoms with Crippen LogP contribution in [0.2, 0.25) is 0 Å². The fourth-order valence-corrected chi connectivity index (χ4v) is 4.19. The second-order valence-corrected chi connectivity index (χ2v) is 6.19. The van der Waals surface area contributed by atoms with Crippen molar-refractivity contribution in [2.24, 2.45) is 5.92 Å². The van der Waals surface area contributed by atoms with Crippen LogP contribution in [-0.4, -0.2) is 41.2 Å². The van der Waals surface area contributed by atoms with Crippen molar-refractivity contribution < 1.29 is 5.11 Å². The maximum atomic E-state index is 9.52. The molecule has 3 heteroatoms. The molecule has 1 aliphatic heterocycles. The van der Waals surface area contributed by atoms with E-state index in [4.69, 9.17) is 0 Å². The van der Waals surface area contributed by atoms with Crippen LogP contribution in [0.25, 0.3) is 10.9 Å². The van der Waals surface area contributed by atoms with E-state index in [2.05, 4.69) is 41.3 Å². The number of benzene rings is 1. The van der Waals surface area contributed by atoms with Crippen molar-refractivity contribution in [2.75, 3.05) is 20.2 Å². The largest absolute Gasteiger partial charge is 0.396 e. The minimum Gasteiger partial charge on any atom is -0.396 e. The van der Waals surface area contributed by atoms with Crippen LogP contribution in [-0.2, 0) is 6.42 Å². The highest BCUT2D eigenvalue weighted by Crippen LogP contribution is 2.44. The van der Waals surface area contributed by atoms with Crippen molar-refractivity contribution in [3.63, 3.8) is 0 Å². The highest BCUT2D eigenvalue weighted by Gasteiger charge is 2.38. The molecule has 2 aromatic rings. The van der Waals surface area contributed by atoms with Gasteiger partial charge in [-0.2, -0.15) is 0 Å². The van der Waals surface area contributed by atoms with Gasteiger partial charge in [0, 0.05) is 42.2 Å². The van der Waals surface area contributed by atoms with Crippen molar-refractivity contribution in [2.45, 2.75) is 38.6 Å². The Balaban J connectivity index is 0.000000636. The van der Waals surface area contributed by atoms with Crippen LogP contribution >= 0.6 is 0 Å². The molecular weight excluding hydrogens is 260 g/mol. The lowest BCUT2D eigenvalue weighted by molar-refractivity contribution is 0.0772. The third kappa shape index (κ3) is 2.29. The summed E-state index contributed by atoms with van der Waals surface area (Å²) in [6.45, 7) is 5.33. The smallest absolute Gasteiger partial charge is 0.0471 e. The summed E-state index contributed by atoms with van der Waals surface area (Å²) in [6.07, 6.45) is 4.43. The monoisotopic (exact) mass is 286 g/mol. The van der Waals surface area contributed by atoms with Crippen LogP contribution in [0, 0.1) is 5.92 Å². The van der Waals surface area contributed by atoms with Gasteiger partial charge in [0.25, 0.3) is 0 Å². The van der Waals surface area contributed by atoms with Crippen LogP contribution in [0.5, 0.6) is 0 Å². The minimum absolute atomic E-state index is 0.309. The molecule has 0 saturated carbocycles. The zero-order valence-corrected chi connectivity index (χ0v) is 13.3. The summed E-state index contributed by atoms with van der Waals surface area (Å²) in [5.41, 5.74) is 4.20. The van der Waals surface area contributed by atoms with Gasteiger partial charge in [0.1, 0.15) is 0 Å². The van der Waals surface area contributed by atoms with Crippen molar-refractivity contribution in [3.8, 4) is 0 Å². The summed E-state index contributed by atoms with van der Waals surface area (Å²) < 4.78 is 0. The van der Waals surface area contributed by atoms with Crippen LogP contribution in [0.4, 0.5) is 0 Å². The molecule has 3 atom stereocenters. The molecule has 1 aromatic heterocycles. The molecular formula is C18H26N2O. The normalized spacial score (nSPS) is 27.9. The highest BCUT2D eigenvalue weighted by atomic mass is 16.3. The molecule has 4 rings (SSSR count). The number of aliphatic hydroxyl groups excluding tert-OH is 1. The first kappa shape index (κ1) is 14.6. The number of rotatable bonds is 1. The molecule has 2 heterocycles. The number of hydrogen-bond donors (Lipinski definition) is 2. The molecule has 21 heavy (non-hydrogen) atoms. The van der Waals surface area contributed by atoms with E-state index in [9.17, 15) is 5.11 Å². The number of hydrogen-bond acceptors (Lipinski definition) is 2. The number of piperidine rings is 1. The molecule has 0 amide bonds. The fraction of sp³-hybridized carbons (Fsp3) is 0.556. The fourth-order valence-electron chi connectivity index (χ4n) is 4.19. The van der Waals surface area contributed by atoms with E-state index in [1.807, 2.05) is 13.8 Å². The van der Waals surface area contributed by atoms with Crippen LogP contribution in [0.3, 0.4) is 0 Å². The van der Waals surface area contributed by atoms with Gasteiger partial charge in [-0.25, -0.2) is 0 Å². The number of nitrogens with one attached hydrogen (secondary N) is 1. The van der Waals surface area contributed by atoms with Crippen molar-refractivity contribution in [1.82, 2.24) is 9.88 Å². The maximum absolute atomic E-state index is 9.52. The number of H-pyrrole nitrogens is 1. The second kappa shape index (κ2) is 5.82. The molecule has 1 aromatic carbocycles. The predicted octanol–water partition coefficient (Wildman–Crippen LogP) is 3.15. The first-order chi connectivity index (χ1) is 10.3. The van der Waals surface area contributed by atoms with Gasteiger partial charge in [0.2, 0.25) is 0 Å². The van der Waals surface area contributed by atoms with Crippen LogP contribution in [0.1, 0.15) is 37.3 Å². The van der Waals surface area contributed by atoms with Gasteiger partial charge >= 0.3 is 0 Å². The number of aromatic nitrogens is 1. The number of aromatic amines is 1. The minimum atomic E-state index is 0.309. The standard InChI is InChI=1S/C16H20N2O.C2H6/c1-18-8-10(9-19)5-13-12-3-2-4-14-16(12)11(7-17-14)6-15(13)18;1-2/h2-4,7,10,13,15,17,19H,5-6,8-9H2,1H3;1-2H3. The molecule has 0 spiro atoms. The Morgan fingerprint density at radius 1 is 1.33 bits per heavy atom. The average Bonchev–Trinajstić information content (AvgIpc) is 2.95. The summed E-state index contributed by atoms with van der Waals surface area (Å²) in [5, 5.41) is 11.0. The quantitative estimate of drug-likeness (QED) is 0.845. The topological polar surface area (TPSA) is 39.3 Å². The molecule has 3 nitrogen and oxygen atoms in total. The maximum Gasteiger partial charge on any atom is 0.0471 e. The summed E-state index contributed by atoms with van der Waals surface area (Å²) >= 11 is 0. The van der Waals surface area contributed by atoms with Gasteiger partial charge in [0.05, 0.1) is 0 Å². The number of aliphatic hydroxyl groups is 1. The zero-order chi connectivity index (χ0) is 15.0. The molecule has 114 valence electrons. The Hall–Kier alpha value is -1.32. The van der Waals surface area contributed by atoms with Crippen LogP contribution < -0.4 is 0 Å². The molecule has 2 N–H and O–H groups in total. The van der Waals surface area contributed by atoms with E-state index in [0.717, 1.165) is 19.4 Å². The SMILES string of the molecule is CC.CN1CC(CO)CC2c3cccc4[nH]cc(c34)CC21. The molecule has 1 saturated heterocycles. The number of likely N-dealkylation sites (tertiary alicyclic amines) is 1. The summed E-state index contributed by atoms with van der Waals surface area (Å²) in [6, 6.07) is 7.20. The number of nitrogens with zero attached hydrogens (tertiary/aromatic N) is 1. The van der Waals surface area contributed by atoms with Crippen LogP contribution in [0.15, 0.2) is 24.4 Å². The highest BCUT2D eigenvalue weighted by molar-refractivity contribution is 5.88. The first-order valence-corrected chi connectivity index (χ1v) is 8.18. The predicted molar refractivity (Wildman–Crippen MR) is 87.7 cm³/mol. The summed E-state index contributed by atoms with van der Waals surface area (Å²) in [5.74, 6) is 0.991. The Morgan fingerprint density at radius 2 is 2.14 bits per heavy atom. The van der Waals surface area contributed by atoms with Gasteiger partial charge in [0.15, 0.2) is 0 Å².